The van der Waals surface area contributed by atoms with Crippen LogP contribution in [0, 0.1) is 5.92 Å². The Balaban J connectivity index is 2.65. The molecule has 0 radical (unpaired) electrons. The van der Waals surface area contributed by atoms with Crippen molar-refractivity contribution in [1.29, 1.82) is 0 Å². The number of hydrogen-bond donors (Lipinski definition) is 1. The standard InChI is InChI=1S/C12H23N3O/c1-5-8-15-12(6-7-13-15)14-11(9-16-4)10(2)3/h6-7,10-11,14H,5,8-9H2,1-4H3. The van der Waals surface area contributed by atoms with Gasteiger partial charge in [-0.2, -0.15) is 5.10 Å². The lowest BCUT2D eigenvalue weighted by atomic mass is 10.1. The van der Waals surface area contributed by atoms with Gasteiger partial charge < -0.3 is 10.1 Å². The Labute approximate surface area is 98.0 Å². The van der Waals surface area contributed by atoms with Crippen LogP contribution in [0.4, 0.5) is 5.82 Å². The molecule has 0 aliphatic heterocycles. The normalized spacial score (nSPS) is 13.1. The van der Waals surface area contributed by atoms with Gasteiger partial charge in [-0.3, -0.25) is 0 Å². The van der Waals surface area contributed by atoms with E-state index in [-0.39, 0.29) is 0 Å². The zero-order chi connectivity index (χ0) is 12.0. The number of nitrogens with one attached hydrogen (secondary N) is 1. The van der Waals surface area contributed by atoms with E-state index in [1.165, 1.54) is 0 Å². The van der Waals surface area contributed by atoms with Crippen molar-refractivity contribution in [2.45, 2.75) is 39.8 Å². The molecule has 1 aromatic heterocycles. The summed E-state index contributed by atoms with van der Waals surface area (Å²) in [7, 11) is 1.74. The van der Waals surface area contributed by atoms with E-state index in [0.717, 1.165) is 25.4 Å². The minimum atomic E-state index is 0.331. The minimum absolute atomic E-state index is 0.331. The Hall–Kier alpha value is -1.03. The average Bonchev–Trinajstić information content (AvgIpc) is 2.65. The van der Waals surface area contributed by atoms with Gasteiger partial charge in [-0.05, 0) is 12.3 Å². The number of aryl methyl sites for hydroxylation is 1. The second kappa shape index (κ2) is 6.53. The van der Waals surface area contributed by atoms with Crippen molar-refractivity contribution in [1.82, 2.24) is 9.78 Å². The second-order valence-electron chi connectivity index (χ2n) is 4.39. The molecule has 0 spiro atoms. The Bertz CT molecular complexity index is 296. The van der Waals surface area contributed by atoms with E-state index in [4.69, 9.17) is 4.74 Å². The number of aromatic nitrogens is 2. The Morgan fingerprint density at radius 3 is 2.81 bits per heavy atom. The molecular weight excluding hydrogens is 202 g/mol. The van der Waals surface area contributed by atoms with Gasteiger partial charge in [0.25, 0.3) is 0 Å². The number of methoxy groups -OCH3 is 1. The number of anilines is 1. The highest BCUT2D eigenvalue weighted by Crippen LogP contribution is 2.13. The van der Waals surface area contributed by atoms with Crippen LogP contribution < -0.4 is 5.32 Å². The first-order chi connectivity index (χ1) is 7.69. The zero-order valence-corrected chi connectivity index (χ0v) is 10.7. The van der Waals surface area contributed by atoms with Crippen LogP contribution in [0.1, 0.15) is 27.2 Å². The molecule has 16 heavy (non-hydrogen) atoms. The number of nitrogens with zero attached hydrogens (tertiary/aromatic N) is 2. The molecule has 1 aromatic rings. The lowest BCUT2D eigenvalue weighted by Gasteiger charge is -2.23. The molecule has 1 heterocycles. The minimum Gasteiger partial charge on any atom is -0.383 e. The van der Waals surface area contributed by atoms with Gasteiger partial charge in [-0.1, -0.05) is 20.8 Å². The van der Waals surface area contributed by atoms with E-state index in [9.17, 15) is 0 Å². The van der Waals surface area contributed by atoms with Crippen LogP contribution in [-0.2, 0) is 11.3 Å². The summed E-state index contributed by atoms with van der Waals surface area (Å²) in [4.78, 5) is 0. The van der Waals surface area contributed by atoms with Crippen LogP contribution in [0.25, 0.3) is 0 Å². The fourth-order valence-electron chi connectivity index (χ4n) is 1.62. The zero-order valence-electron chi connectivity index (χ0n) is 10.7. The molecule has 0 aliphatic rings. The molecule has 0 saturated carbocycles. The maximum absolute atomic E-state index is 5.22. The van der Waals surface area contributed by atoms with Crippen molar-refractivity contribution in [3.8, 4) is 0 Å². The molecule has 0 fully saturated rings. The topological polar surface area (TPSA) is 39.1 Å². The van der Waals surface area contributed by atoms with E-state index in [0.29, 0.717) is 12.0 Å². The monoisotopic (exact) mass is 225 g/mol. The fourth-order valence-corrected chi connectivity index (χ4v) is 1.62. The van der Waals surface area contributed by atoms with E-state index < -0.39 is 0 Å². The van der Waals surface area contributed by atoms with Gasteiger partial charge in [0.05, 0.1) is 18.8 Å². The molecule has 92 valence electrons. The lowest BCUT2D eigenvalue weighted by molar-refractivity contribution is 0.171. The lowest BCUT2D eigenvalue weighted by Crippen LogP contribution is -2.31. The third-order valence-corrected chi connectivity index (χ3v) is 2.64. The molecule has 0 aliphatic carbocycles. The van der Waals surface area contributed by atoms with Crippen molar-refractivity contribution >= 4 is 5.82 Å². The summed E-state index contributed by atoms with van der Waals surface area (Å²) in [5.41, 5.74) is 0. The summed E-state index contributed by atoms with van der Waals surface area (Å²) in [5, 5.41) is 7.78. The number of rotatable bonds is 7. The SMILES string of the molecule is CCCn1nccc1NC(COC)C(C)C. The van der Waals surface area contributed by atoms with Crippen LogP contribution in [0.15, 0.2) is 12.3 Å². The Morgan fingerprint density at radius 2 is 2.25 bits per heavy atom. The summed E-state index contributed by atoms with van der Waals surface area (Å²) < 4.78 is 7.23. The third kappa shape index (κ3) is 3.52. The van der Waals surface area contributed by atoms with Gasteiger partial charge >= 0.3 is 0 Å². The maximum atomic E-state index is 5.22. The van der Waals surface area contributed by atoms with Crippen molar-refractivity contribution in [2.75, 3.05) is 19.0 Å². The van der Waals surface area contributed by atoms with Crippen LogP contribution in [-0.4, -0.2) is 29.5 Å². The highest BCUT2D eigenvalue weighted by molar-refractivity contribution is 5.35. The molecule has 4 nitrogen and oxygen atoms in total. The molecule has 1 unspecified atom stereocenters. The smallest absolute Gasteiger partial charge is 0.124 e. The molecular formula is C12H23N3O. The Morgan fingerprint density at radius 1 is 1.50 bits per heavy atom. The molecule has 0 aromatic carbocycles. The summed E-state index contributed by atoms with van der Waals surface area (Å²) in [6.45, 7) is 8.21. The predicted molar refractivity (Wildman–Crippen MR) is 66.6 cm³/mol. The molecule has 1 rings (SSSR count). The number of hydrogen-bond acceptors (Lipinski definition) is 3. The molecule has 1 atom stereocenters. The van der Waals surface area contributed by atoms with Gasteiger partial charge in [-0.15, -0.1) is 0 Å². The first kappa shape index (κ1) is 13.0. The Kier molecular flexibility index (Phi) is 5.32. The van der Waals surface area contributed by atoms with Crippen LogP contribution in [0.2, 0.25) is 0 Å². The predicted octanol–water partition coefficient (Wildman–Crippen LogP) is 2.38. The molecule has 1 N–H and O–H groups in total. The summed E-state index contributed by atoms with van der Waals surface area (Å²) in [6.07, 6.45) is 2.93. The highest BCUT2D eigenvalue weighted by Gasteiger charge is 2.14. The first-order valence-corrected chi connectivity index (χ1v) is 5.96. The van der Waals surface area contributed by atoms with Crippen molar-refractivity contribution < 1.29 is 4.74 Å². The van der Waals surface area contributed by atoms with Crippen LogP contribution in [0.3, 0.4) is 0 Å². The summed E-state index contributed by atoms with van der Waals surface area (Å²) >= 11 is 0. The highest BCUT2D eigenvalue weighted by atomic mass is 16.5. The van der Waals surface area contributed by atoms with E-state index in [1.54, 1.807) is 7.11 Å². The largest absolute Gasteiger partial charge is 0.383 e. The van der Waals surface area contributed by atoms with Crippen molar-refractivity contribution in [2.24, 2.45) is 5.92 Å². The van der Waals surface area contributed by atoms with E-state index >= 15 is 0 Å². The van der Waals surface area contributed by atoms with Crippen molar-refractivity contribution in [3.05, 3.63) is 12.3 Å². The molecule has 4 heteroatoms. The number of ether oxygens (including phenoxy) is 1. The van der Waals surface area contributed by atoms with Crippen LogP contribution in [0.5, 0.6) is 0 Å². The van der Waals surface area contributed by atoms with Gasteiger partial charge in [0, 0.05) is 19.7 Å². The maximum Gasteiger partial charge on any atom is 0.124 e. The molecule has 0 bridgehead atoms. The van der Waals surface area contributed by atoms with Gasteiger partial charge in [-0.25, -0.2) is 4.68 Å². The second-order valence-corrected chi connectivity index (χ2v) is 4.39. The van der Waals surface area contributed by atoms with Gasteiger partial charge in [0.15, 0.2) is 0 Å². The molecule has 0 saturated heterocycles. The average molecular weight is 225 g/mol. The quantitative estimate of drug-likeness (QED) is 0.774. The third-order valence-electron chi connectivity index (χ3n) is 2.64. The van der Waals surface area contributed by atoms with E-state index in [2.05, 4.69) is 31.2 Å². The summed E-state index contributed by atoms with van der Waals surface area (Å²) in [5.74, 6) is 1.61. The van der Waals surface area contributed by atoms with Gasteiger partial charge in [0.1, 0.15) is 5.82 Å². The first-order valence-electron chi connectivity index (χ1n) is 5.96. The fraction of sp³-hybridized carbons (Fsp3) is 0.750. The van der Waals surface area contributed by atoms with Gasteiger partial charge in [0.2, 0.25) is 0 Å². The van der Waals surface area contributed by atoms with E-state index in [1.807, 2.05) is 16.9 Å². The van der Waals surface area contributed by atoms with Crippen molar-refractivity contribution in [3.63, 3.8) is 0 Å². The molecule has 0 amide bonds. The van der Waals surface area contributed by atoms with Crippen LogP contribution >= 0.6 is 0 Å². The summed E-state index contributed by atoms with van der Waals surface area (Å²) in [6, 6.07) is 2.35.